The number of hydrogen-bond donors (Lipinski definition) is 1. The van der Waals surface area contributed by atoms with Gasteiger partial charge in [-0.1, -0.05) is 18.2 Å². The average Bonchev–Trinajstić information content (AvgIpc) is 3.18. The van der Waals surface area contributed by atoms with E-state index in [1.807, 2.05) is 0 Å². The molecule has 0 aliphatic heterocycles. The van der Waals surface area contributed by atoms with Crippen molar-refractivity contribution in [2.75, 3.05) is 12.4 Å². The first-order valence-electron chi connectivity index (χ1n) is 9.76. The lowest BCUT2D eigenvalue weighted by atomic mass is 10.1. The number of nitrogens with one attached hydrogen (secondary N) is 1. The number of carbonyl (C=O) groups excluding carboxylic acids is 2. The van der Waals surface area contributed by atoms with Gasteiger partial charge in [-0.05, 0) is 48.0 Å². The van der Waals surface area contributed by atoms with E-state index in [9.17, 15) is 31.5 Å². The molecule has 0 unspecified atom stereocenters. The minimum Gasteiger partial charge on any atom is -0.465 e. The fourth-order valence-electron chi connectivity index (χ4n) is 3.54. The lowest BCUT2D eigenvalue weighted by Gasteiger charge is -2.12. The number of pyridine rings is 1. The van der Waals surface area contributed by atoms with Crippen molar-refractivity contribution in [2.24, 2.45) is 0 Å². The van der Waals surface area contributed by atoms with Crippen molar-refractivity contribution in [3.8, 4) is 11.3 Å². The molecule has 1 N–H and O–H groups in total. The van der Waals surface area contributed by atoms with Gasteiger partial charge in [-0.2, -0.15) is 13.2 Å². The minimum atomic E-state index is -4.69. The number of carbonyl (C=O) groups is 2. The van der Waals surface area contributed by atoms with Crippen LogP contribution in [0.3, 0.4) is 0 Å². The van der Waals surface area contributed by atoms with Crippen molar-refractivity contribution >= 4 is 23.1 Å². The monoisotopic (exact) mass is 474 g/mol. The summed E-state index contributed by atoms with van der Waals surface area (Å²) in [6.07, 6.45) is -3.45. The van der Waals surface area contributed by atoms with Gasteiger partial charge in [0, 0.05) is 17.4 Å². The summed E-state index contributed by atoms with van der Waals surface area (Å²) >= 11 is 0. The van der Waals surface area contributed by atoms with Crippen molar-refractivity contribution in [2.45, 2.75) is 6.18 Å². The van der Waals surface area contributed by atoms with Gasteiger partial charge >= 0.3 is 12.1 Å². The molecule has 2 aromatic heterocycles. The topological polar surface area (TPSA) is 59.8 Å². The normalized spacial score (nSPS) is 11.5. The van der Waals surface area contributed by atoms with Crippen LogP contribution in [0, 0.1) is 11.6 Å². The summed E-state index contributed by atoms with van der Waals surface area (Å²) in [5.74, 6) is -3.86. The predicted molar refractivity (Wildman–Crippen MR) is 113 cm³/mol. The number of amides is 1. The molecule has 0 saturated carbocycles. The van der Waals surface area contributed by atoms with E-state index in [4.69, 9.17) is 0 Å². The number of aromatic nitrogens is 1. The van der Waals surface area contributed by atoms with Crippen LogP contribution in [0.15, 0.2) is 66.9 Å². The van der Waals surface area contributed by atoms with Crippen LogP contribution < -0.4 is 5.32 Å². The molecule has 4 aromatic rings. The Labute approximate surface area is 189 Å². The molecule has 34 heavy (non-hydrogen) atoms. The molecule has 0 atom stereocenters. The Balaban J connectivity index is 1.74. The fraction of sp³-hybridized carbons (Fsp3) is 0.0833. The number of nitrogens with zero attached hydrogens (tertiary/aromatic N) is 1. The zero-order valence-corrected chi connectivity index (χ0v) is 17.4. The second kappa shape index (κ2) is 8.62. The van der Waals surface area contributed by atoms with Gasteiger partial charge in [0.2, 0.25) is 0 Å². The van der Waals surface area contributed by atoms with Crippen LogP contribution in [-0.2, 0) is 10.9 Å². The third-order valence-electron chi connectivity index (χ3n) is 5.10. The molecule has 174 valence electrons. The van der Waals surface area contributed by atoms with E-state index in [-0.39, 0.29) is 28.0 Å². The van der Waals surface area contributed by atoms with Gasteiger partial charge in [-0.15, -0.1) is 0 Å². The number of hydrogen-bond acceptors (Lipinski definition) is 3. The highest BCUT2D eigenvalue weighted by atomic mass is 19.4. The van der Waals surface area contributed by atoms with Gasteiger partial charge in [0.05, 0.1) is 23.9 Å². The molecule has 2 heterocycles. The van der Waals surface area contributed by atoms with Crippen LogP contribution in [0.4, 0.5) is 27.6 Å². The zero-order valence-electron chi connectivity index (χ0n) is 17.4. The lowest BCUT2D eigenvalue weighted by molar-refractivity contribution is -0.137. The first-order chi connectivity index (χ1) is 16.1. The number of halogens is 5. The maximum Gasteiger partial charge on any atom is 0.418 e. The lowest BCUT2D eigenvalue weighted by Crippen LogP contribution is -2.15. The van der Waals surface area contributed by atoms with Gasteiger partial charge < -0.3 is 14.5 Å². The molecule has 0 radical (unpaired) electrons. The van der Waals surface area contributed by atoms with Gasteiger partial charge in [0.25, 0.3) is 5.91 Å². The Hall–Kier alpha value is -4.21. The maximum atomic E-state index is 13.8. The van der Waals surface area contributed by atoms with Gasteiger partial charge in [-0.3, -0.25) is 4.79 Å². The van der Waals surface area contributed by atoms with Crippen molar-refractivity contribution < 1.29 is 36.3 Å². The summed E-state index contributed by atoms with van der Waals surface area (Å²) < 4.78 is 74.9. The molecule has 0 fully saturated rings. The maximum absolute atomic E-state index is 13.8. The number of esters is 1. The van der Waals surface area contributed by atoms with E-state index in [0.29, 0.717) is 0 Å². The molecule has 0 aliphatic carbocycles. The largest absolute Gasteiger partial charge is 0.465 e. The van der Waals surface area contributed by atoms with Crippen molar-refractivity contribution in [3.05, 3.63) is 95.2 Å². The molecule has 1 amide bonds. The molecular weight excluding hydrogens is 459 g/mol. The smallest absolute Gasteiger partial charge is 0.418 e. The van der Waals surface area contributed by atoms with Crippen molar-refractivity contribution in [3.63, 3.8) is 0 Å². The Bertz CT molecular complexity index is 1390. The zero-order chi connectivity index (χ0) is 24.6. The van der Waals surface area contributed by atoms with E-state index in [0.717, 1.165) is 31.4 Å². The van der Waals surface area contributed by atoms with Crippen LogP contribution in [0.2, 0.25) is 0 Å². The molecule has 0 bridgehead atoms. The molecule has 0 saturated heterocycles. The molecule has 10 heteroatoms. The van der Waals surface area contributed by atoms with Crippen LogP contribution in [0.1, 0.15) is 26.3 Å². The SMILES string of the molecule is COC(=O)c1ccc2cc(C(F)(F)F)c(-c3ccc(NC(=O)c4c(F)cccc4F)cc3)n2c1. The van der Waals surface area contributed by atoms with Gasteiger partial charge in [-0.25, -0.2) is 13.6 Å². The Kier molecular flexibility index (Phi) is 5.82. The predicted octanol–water partition coefficient (Wildman–Crippen LogP) is 5.94. The molecule has 5 nitrogen and oxygen atoms in total. The van der Waals surface area contributed by atoms with Crippen LogP contribution in [0.5, 0.6) is 0 Å². The number of alkyl halides is 3. The second-order valence-corrected chi connectivity index (χ2v) is 7.24. The van der Waals surface area contributed by atoms with E-state index < -0.39 is 40.8 Å². The van der Waals surface area contributed by atoms with Crippen molar-refractivity contribution in [1.29, 1.82) is 0 Å². The van der Waals surface area contributed by atoms with E-state index >= 15 is 0 Å². The van der Waals surface area contributed by atoms with E-state index in [2.05, 4.69) is 10.1 Å². The van der Waals surface area contributed by atoms with Crippen LogP contribution >= 0.6 is 0 Å². The van der Waals surface area contributed by atoms with E-state index in [1.54, 1.807) is 0 Å². The summed E-state index contributed by atoms with van der Waals surface area (Å²) in [7, 11) is 1.16. The molecule has 0 spiro atoms. The highest BCUT2D eigenvalue weighted by Crippen LogP contribution is 2.39. The minimum absolute atomic E-state index is 0.0522. The standard InChI is InChI=1S/C24H15F5N2O3/c1-34-23(33)14-7-10-16-11-17(24(27,28)29)21(31(16)12-14)13-5-8-15(9-6-13)30-22(32)20-18(25)3-2-4-19(20)26/h2-12H,1H3,(H,30,32). The Morgan fingerprint density at radius 2 is 1.59 bits per heavy atom. The van der Waals surface area contributed by atoms with Gasteiger partial charge in [0.1, 0.15) is 17.2 Å². The van der Waals surface area contributed by atoms with Crippen LogP contribution in [0.25, 0.3) is 16.8 Å². The summed E-state index contributed by atoms with van der Waals surface area (Å²) in [6, 6.07) is 11.9. The number of rotatable bonds is 4. The number of anilines is 1. The molecule has 2 aromatic carbocycles. The number of ether oxygens (including phenoxy) is 1. The second-order valence-electron chi connectivity index (χ2n) is 7.24. The fourth-order valence-corrected chi connectivity index (χ4v) is 3.54. The first-order valence-corrected chi connectivity index (χ1v) is 9.76. The quantitative estimate of drug-likeness (QED) is 0.294. The first kappa shape index (κ1) is 23.0. The van der Waals surface area contributed by atoms with E-state index in [1.165, 1.54) is 47.0 Å². The number of methoxy groups -OCH3 is 1. The summed E-state index contributed by atoms with van der Waals surface area (Å²) in [5, 5.41) is 2.32. The Morgan fingerprint density at radius 1 is 0.941 bits per heavy atom. The highest BCUT2D eigenvalue weighted by molar-refractivity contribution is 6.04. The summed E-state index contributed by atoms with van der Waals surface area (Å²) in [4.78, 5) is 24.1. The highest BCUT2D eigenvalue weighted by Gasteiger charge is 2.36. The summed E-state index contributed by atoms with van der Waals surface area (Å²) in [6.45, 7) is 0. The molecular formula is C24H15F5N2O3. The van der Waals surface area contributed by atoms with Crippen molar-refractivity contribution in [1.82, 2.24) is 4.40 Å². The van der Waals surface area contributed by atoms with Gasteiger partial charge in [0.15, 0.2) is 0 Å². The number of fused-ring (bicyclic) bond motifs is 1. The number of benzene rings is 2. The summed E-state index contributed by atoms with van der Waals surface area (Å²) in [5.41, 5.74) is -1.45. The van der Waals surface area contributed by atoms with Crippen LogP contribution in [-0.4, -0.2) is 23.4 Å². The average molecular weight is 474 g/mol. The molecule has 0 aliphatic rings. The Morgan fingerprint density at radius 3 is 2.18 bits per heavy atom. The third kappa shape index (κ3) is 4.21. The molecule has 4 rings (SSSR count). The third-order valence-corrected chi connectivity index (χ3v) is 5.10.